The van der Waals surface area contributed by atoms with E-state index in [4.69, 9.17) is 0 Å². The SMILES string of the molecule is O=C1NCCC2C3CC(C4CCCCC34)C12. The highest BCUT2D eigenvalue weighted by Crippen LogP contribution is 2.63. The van der Waals surface area contributed by atoms with Crippen molar-refractivity contribution in [3.63, 3.8) is 0 Å². The summed E-state index contributed by atoms with van der Waals surface area (Å²) < 4.78 is 0. The standard InChI is InChI=1S/C14H21NO/c16-14-13-10(5-6-15-14)11-7-12(13)9-4-2-1-3-8(9)11/h8-13H,1-7H2,(H,15,16). The highest BCUT2D eigenvalue weighted by atomic mass is 16.2. The van der Waals surface area contributed by atoms with E-state index in [0.717, 1.165) is 36.1 Å². The van der Waals surface area contributed by atoms with Crippen LogP contribution in [0.1, 0.15) is 38.5 Å². The van der Waals surface area contributed by atoms with Crippen LogP contribution in [0.15, 0.2) is 0 Å². The predicted octanol–water partition coefficient (Wildman–Crippen LogP) is 2.19. The molecule has 2 nitrogen and oxygen atoms in total. The first-order valence-electron chi connectivity index (χ1n) is 7.14. The molecule has 2 heteroatoms. The van der Waals surface area contributed by atoms with Crippen molar-refractivity contribution in [2.75, 3.05) is 6.54 Å². The van der Waals surface area contributed by atoms with E-state index in [9.17, 15) is 4.79 Å². The molecule has 0 aromatic carbocycles. The fourth-order valence-corrected chi connectivity index (χ4v) is 5.67. The van der Waals surface area contributed by atoms with E-state index in [1.807, 2.05) is 0 Å². The highest BCUT2D eigenvalue weighted by molar-refractivity contribution is 5.80. The number of amides is 1. The van der Waals surface area contributed by atoms with Crippen LogP contribution in [0, 0.1) is 35.5 Å². The van der Waals surface area contributed by atoms with Gasteiger partial charge in [-0.1, -0.05) is 12.8 Å². The van der Waals surface area contributed by atoms with Crippen LogP contribution in [0.25, 0.3) is 0 Å². The number of carbonyl (C=O) groups excluding carboxylic acids is 1. The smallest absolute Gasteiger partial charge is 0.223 e. The van der Waals surface area contributed by atoms with Gasteiger partial charge in [-0.05, 0) is 55.3 Å². The number of hydrogen-bond donors (Lipinski definition) is 1. The summed E-state index contributed by atoms with van der Waals surface area (Å²) in [6.45, 7) is 0.945. The zero-order valence-electron chi connectivity index (χ0n) is 9.82. The number of hydrogen-bond acceptors (Lipinski definition) is 1. The van der Waals surface area contributed by atoms with Crippen LogP contribution in [0.2, 0.25) is 0 Å². The topological polar surface area (TPSA) is 29.1 Å². The summed E-state index contributed by atoms with van der Waals surface area (Å²) in [5, 5.41) is 3.09. The Labute approximate surface area is 97.2 Å². The lowest BCUT2D eigenvalue weighted by Crippen LogP contribution is -2.49. The summed E-state index contributed by atoms with van der Waals surface area (Å²) in [7, 11) is 0. The van der Waals surface area contributed by atoms with Gasteiger partial charge < -0.3 is 5.32 Å². The summed E-state index contributed by atoms with van der Waals surface area (Å²) in [6.07, 6.45) is 8.41. The van der Waals surface area contributed by atoms with Crippen molar-refractivity contribution in [1.29, 1.82) is 0 Å². The number of piperidine rings is 1. The third-order valence-corrected chi connectivity index (χ3v) is 6.07. The van der Waals surface area contributed by atoms with Crippen molar-refractivity contribution in [2.45, 2.75) is 38.5 Å². The Hall–Kier alpha value is -0.530. The predicted molar refractivity (Wildman–Crippen MR) is 61.7 cm³/mol. The summed E-state index contributed by atoms with van der Waals surface area (Å²) in [4.78, 5) is 12.0. The average molecular weight is 219 g/mol. The van der Waals surface area contributed by atoms with Gasteiger partial charge in [0, 0.05) is 12.5 Å². The second-order valence-electron chi connectivity index (χ2n) is 6.44. The molecule has 1 heterocycles. The fraction of sp³-hybridized carbons (Fsp3) is 0.929. The largest absolute Gasteiger partial charge is 0.356 e. The van der Waals surface area contributed by atoms with E-state index in [-0.39, 0.29) is 0 Å². The second-order valence-corrected chi connectivity index (χ2v) is 6.44. The molecule has 6 atom stereocenters. The molecule has 0 aromatic heterocycles. The molecule has 2 bridgehead atoms. The van der Waals surface area contributed by atoms with Crippen LogP contribution < -0.4 is 5.32 Å². The first-order chi connectivity index (χ1) is 7.86. The van der Waals surface area contributed by atoms with Crippen LogP contribution in [0.5, 0.6) is 0 Å². The normalized spacial score (nSPS) is 54.4. The highest BCUT2D eigenvalue weighted by Gasteiger charge is 2.60. The van der Waals surface area contributed by atoms with Crippen molar-refractivity contribution in [3.05, 3.63) is 0 Å². The molecular formula is C14H21NO. The van der Waals surface area contributed by atoms with Gasteiger partial charge in [0.05, 0.1) is 0 Å². The molecule has 4 rings (SSSR count). The Bertz CT molecular complexity index is 327. The average Bonchev–Trinajstić information content (AvgIpc) is 2.86. The number of rotatable bonds is 0. The van der Waals surface area contributed by atoms with E-state index in [0.29, 0.717) is 11.8 Å². The Kier molecular flexibility index (Phi) is 1.92. The van der Waals surface area contributed by atoms with Crippen LogP contribution >= 0.6 is 0 Å². The number of carbonyl (C=O) groups is 1. The zero-order valence-corrected chi connectivity index (χ0v) is 9.82. The van der Waals surface area contributed by atoms with Crippen LogP contribution in [0.4, 0.5) is 0 Å². The molecule has 0 aromatic rings. The Morgan fingerprint density at radius 2 is 1.62 bits per heavy atom. The molecule has 1 aliphatic heterocycles. The molecule has 3 aliphatic carbocycles. The molecule has 3 saturated carbocycles. The monoisotopic (exact) mass is 219 g/mol. The molecule has 16 heavy (non-hydrogen) atoms. The lowest BCUT2D eigenvalue weighted by Gasteiger charge is -2.44. The maximum Gasteiger partial charge on any atom is 0.223 e. The number of nitrogens with one attached hydrogen (secondary N) is 1. The van der Waals surface area contributed by atoms with Gasteiger partial charge in [0.25, 0.3) is 0 Å². The van der Waals surface area contributed by atoms with E-state index in [1.165, 1.54) is 38.5 Å². The first-order valence-corrected chi connectivity index (χ1v) is 7.14. The molecule has 1 N–H and O–H groups in total. The number of fused-ring (bicyclic) bond motifs is 8. The van der Waals surface area contributed by atoms with Crippen molar-refractivity contribution in [1.82, 2.24) is 5.32 Å². The quantitative estimate of drug-likeness (QED) is 0.665. The molecule has 6 unspecified atom stereocenters. The molecule has 4 aliphatic rings. The fourth-order valence-electron chi connectivity index (χ4n) is 5.67. The minimum atomic E-state index is 0.396. The van der Waals surface area contributed by atoms with Crippen molar-refractivity contribution < 1.29 is 4.79 Å². The Morgan fingerprint density at radius 1 is 0.875 bits per heavy atom. The van der Waals surface area contributed by atoms with Gasteiger partial charge in [0.15, 0.2) is 0 Å². The van der Waals surface area contributed by atoms with E-state index < -0.39 is 0 Å². The van der Waals surface area contributed by atoms with Gasteiger partial charge in [0.1, 0.15) is 0 Å². The van der Waals surface area contributed by atoms with Gasteiger partial charge >= 0.3 is 0 Å². The van der Waals surface area contributed by atoms with Crippen molar-refractivity contribution in [3.8, 4) is 0 Å². The molecule has 1 saturated heterocycles. The molecule has 0 radical (unpaired) electrons. The third-order valence-electron chi connectivity index (χ3n) is 6.07. The third kappa shape index (κ3) is 1.06. The van der Waals surface area contributed by atoms with Gasteiger partial charge in [-0.2, -0.15) is 0 Å². The van der Waals surface area contributed by atoms with Crippen molar-refractivity contribution >= 4 is 5.91 Å². The summed E-state index contributed by atoms with van der Waals surface area (Å²) in [5.74, 6) is 5.19. The second kappa shape index (κ2) is 3.24. The van der Waals surface area contributed by atoms with Gasteiger partial charge in [-0.3, -0.25) is 4.79 Å². The maximum absolute atomic E-state index is 12.0. The van der Waals surface area contributed by atoms with Gasteiger partial charge in [-0.25, -0.2) is 0 Å². The minimum Gasteiger partial charge on any atom is -0.356 e. The minimum absolute atomic E-state index is 0.396. The van der Waals surface area contributed by atoms with Gasteiger partial charge in [-0.15, -0.1) is 0 Å². The molecule has 1 amide bonds. The molecular weight excluding hydrogens is 198 g/mol. The zero-order chi connectivity index (χ0) is 10.7. The Morgan fingerprint density at radius 3 is 2.44 bits per heavy atom. The van der Waals surface area contributed by atoms with Crippen LogP contribution in [0.3, 0.4) is 0 Å². The summed E-state index contributed by atoms with van der Waals surface area (Å²) in [5.41, 5.74) is 0. The maximum atomic E-state index is 12.0. The van der Waals surface area contributed by atoms with E-state index in [1.54, 1.807) is 0 Å². The van der Waals surface area contributed by atoms with Crippen molar-refractivity contribution in [2.24, 2.45) is 35.5 Å². The molecule has 88 valence electrons. The van der Waals surface area contributed by atoms with Crippen LogP contribution in [-0.2, 0) is 4.79 Å². The van der Waals surface area contributed by atoms with E-state index >= 15 is 0 Å². The Balaban J connectivity index is 1.67. The summed E-state index contributed by atoms with van der Waals surface area (Å²) in [6, 6.07) is 0. The summed E-state index contributed by atoms with van der Waals surface area (Å²) >= 11 is 0. The van der Waals surface area contributed by atoms with E-state index in [2.05, 4.69) is 5.32 Å². The van der Waals surface area contributed by atoms with Crippen LogP contribution in [-0.4, -0.2) is 12.5 Å². The first kappa shape index (κ1) is 9.49. The van der Waals surface area contributed by atoms with Gasteiger partial charge in [0.2, 0.25) is 5.91 Å². The lowest BCUT2D eigenvalue weighted by molar-refractivity contribution is -0.133. The molecule has 0 spiro atoms. The lowest BCUT2D eigenvalue weighted by atomic mass is 9.62. The molecule has 4 fully saturated rings.